The van der Waals surface area contributed by atoms with Gasteiger partial charge in [-0.2, -0.15) is 5.26 Å². The number of rotatable bonds is 3. The standard InChI is InChI=1S/C13H15BrFN3/c14-12-9-10(15)1-2-11(12)13(3-4-16)18-7-5-17-6-8-18/h1-2,9,13,17H,3,5-8H2/t13-/m0/s1. The van der Waals surface area contributed by atoms with E-state index in [1.165, 1.54) is 12.1 Å². The van der Waals surface area contributed by atoms with Crippen LogP contribution in [0.4, 0.5) is 4.39 Å². The summed E-state index contributed by atoms with van der Waals surface area (Å²) < 4.78 is 13.9. The van der Waals surface area contributed by atoms with E-state index in [1.807, 2.05) is 0 Å². The van der Waals surface area contributed by atoms with Crippen LogP contribution in [0.1, 0.15) is 18.0 Å². The SMILES string of the molecule is N#CC[C@@H](c1ccc(F)cc1Br)N1CCNCC1. The van der Waals surface area contributed by atoms with Crippen molar-refractivity contribution in [3.63, 3.8) is 0 Å². The molecule has 0 saturated carbocycles. The summed E-state index contributed by atoms with van der Waals surface area (Å²) in [4.78, 5) is 2.28. The minimum Gasteiger partial charge on any atom is -0.314 e. The number of nitrogens with one attached hydrogen (secondary N) is 1. The van der Waals surface area contributed by atoms with Gasteiger partial charge >= 0.3 is 0 Å². The Kier molecular flexibility index (Phi) is 4.70. The lowest BCUT2D eigenvalue weighted by atomic mass is 10.0. The van der Waals surface area contributed by atoms with Crippen molar-refractivity contribution < 1.29 is 4.39 Å². The molecule has 3 nitrogen and oxygen atoms in total. The highest BCUT2D eigenvalue weighted by atomic mass is 79.9. The molecule has 1 N–H and O–H groups in total. The minimum atomic E-state index is -0.262. The summed E-state index contributed by atoms with van der Waals surface area (Å²) in [6.07, 6.45) is 0.421. The number of hydrogen-bond acceptors (Lipinski definition) is 3. The average Bonchev–Trinajstić information content (AvgIpc) is 2.38. The van der Waals surface area contributed by atoms with Crippen LogP contribution in [0.2, 0.25) is 0 Å². The van der Waals surface area contributed by atoms with Crippen LogP contribution in [0.3, 0.4) is 0 Å². The molecule has 1 aromatic carbocycles. The van der Waals surface area contributed by atoms with Crippen molar-refractivity contribution in [3.05, 3.63) is 34.1 Å². The number of nitrogens with zero attached hydrogens (tertiary/aromatic N) is 2. The van der Waals surface area contributed by atoms with Crippen LogP contribution in [0.15, 0.2) is 22.7 Å². The van der Waals surface area contributed by atoms with Gasteiger partial charge in [-0.15, -0.1) is 0 Å². The van der Waals surface area contributed by atoms with Crippen LogP contribution in [0.5, 0.6) is 0 Å². The van der Waals surface area contributed by atoms with Crippen molar-refractivity contribution in [1.29, 1.82) is 5.26 Å². The molecule has 0 aliphatic carbocycles. The summed E-state index contributed by atoms with van der Waals surface area (Å²) >= 11 is 3.39. The van der Waals surface area contributed by atoms with Gasteiger partial charge < -0.3 is 5.32 Å². The van der Waals surface area contributed by atoms with Crippen molar-refractivity contribution in [1.82, 2.24) is 10.2 Å². The second-order valence-corrected chi connectivity index (χ2v) is 5.18. The molecule has 96 valence electrons. The summed E-state index contributed by atoms with van der Waals surface area (Å²) in [5.41, 5.74) is 0.986. The van der Waals surface area contributed by atoms with E-state index < -0.39 is 0 Å². The number of benzene rings is 1. The summed E-state index contributed by atoms with van der Waals surface area (Å²) in [5, 5.41) is 12.3. The van der Waals surface area contributed by atoms with E-state index in [1.54, 1.807) is 6.07 Å². The van der Waals surface area contributed by atoms with E-state index in [-0.39, 0.29) is 11.9 Å². The maximum Gasteiger partial charge on any atom is 0.124 e. The van der Waals surface area contributed by atoms with Gasteiger partial charge in [0.05, 0.1) is 12.5 Å². The van der Waals surface area contributed by atoms with Crippen LogP contribution in [-0.2, 0) is 0 Å². The van der Waals surface area contributed by atoms with E-state index in [4.69, 9.17) is 5.26 Å². The molecule has 1 aliphatic rings. The Morgan fingerprint density at radius 2 is 2.17 bits per heavy atom. The van der Waals surface area contributed by atoms with Gasteiger partial charge in [-0.3, -0.25) is 4.90 Å². The van der Waals surface area contributed by atoms with Gasteiger partial charge in [-0.05, 0) is 17.7 Å². The van der Waals surface area contributed by atoms with Crippen molar-refractivity contribution in [3.8, 4) is 6.07 Å². The molecule has 1 atom stereocenters. The summed E-state index contributed by atoms with van der Waals surface area (Å²) in [5.74, 6) is -0.262. The molecule has 0 unspecified atom stereocenters. The molecule has 0 aromatic heterocycles. The highest BCUT2D eigenvalue weighted by Gasteiger charge is 2.23. The third-order valence-corrected chi connectivity index (χ3v) is 3.89. The van der Waals surface area contributed by atoms with Gasteiger partial charge in [0.15, 0.2) is 0 Å². The Bertz CT molecular complexity index is 452. The van der Waals surface area contributed by atoms with Crippen LogP contribution in [0.25, 0.3) is 0 Å². The van der Waals surface area contributed by atoms with E-state index >= 15 is 0 Å². The second kappa shape index (κ2) is 6.28. The Labute approximate surface area is 115 Å². The second-order valence-electron chi connectivity index (χ2n) is 4.33. The molecule has 0 amide bonds. The van der Waals surface area contributed by atoms with Gasteiger partial charge in [0, 0.05) is 36.7 Å². The molecule has 0 spiro atoms. The van der Waals surface area contributed by atoms with Crippen LogP contribution in [0, 0.1) is 17.1 Å². The topological polar surface area (TPSA) is 39.1 Å². The van der Waals surface area contributed by atoms with Gasteiger partial charge in [-0.1, -0.05) is 22.0 Å². The van der Waals surface area contributed by atoms with E-state index in [9.17, 15) is 4.39 Å². The lowest BCUT2D eigenvalue weighted by Gasteiger charge is -2.34. The van der Waals surface area contributed by atoms with Gasteiger partial charge in [0.25, 0.3) is 0 Å². The smallest absolute Gasteiger partial charge is 0.124 e. The molecule has 1 saturated heterocycles. The fourth-order valence-electron chi connectivity index (χ4n) is 2.29. The molecular weight excluding hydrogens is 297 g/mol. The molecule has 0 bridgehead atoms. The fraction of sp³-hybridized carbons (Fsp3) is 0.462. The molecule has 2 rings (SSSR count). The molecule has 1 aliphatic heterocycles. The predicted octanol–water partition coefficient (Wildman–Crippen LogP) is 2.45. The van der Waals surface area contributed by atoms with Crippen molar-refractivity contribution >= 4 is 15.9 Å². The first kappa shape index (κ1) is 13.5. The molecule has 18 heavy (non-hydrogen) atoms. The monoisotopic (exact) mass is 311 g/mol. The zero-order valence-corrected chi connectivity index (χ0v) is 11.6. The molecular formula is C13H15BrFN3. The third kappa shape index (κ3) is 3.08. The maximum atomic E-state index is 13.1. The number of hydrogen-bond donors (Lipinski definition) is 1. The summed E-state index contributed by atoms with van der Waals surface area (Å²) in [6, 6.07) is 6.94. The minimum absolute atomic E-state index is 0.0343. The lowest BCUT2D eigenvalue weighted by Crippen LogP contribution is -2.45. The summed E-state index contributed by atoms with van der Waals surface area (Å²) in [6.45, 7) is 3.69. The Balaban J connectivity index is 2.25. The highest BCUT2D eigenvalue weighted by molar-refractivity contribution is 9.10. The van der Waals surface area contributed by atoms with Crippen molar-refractivity contribution in [2.24, 2.45) is 0 Å². The maximum absolute atomic E-state index is 13.1. The quantitative estimate of drug-likeness (QED) is 0.932. The van der Waals surface area contributed by atoms with Crippen molar-refractivity contribution in [2.45, 2.75) is 12.5 Å². The Morgan fingerprint density at radius 3 is 2.78 bits per heavy atom. The molecule has 0 radical (unpaired) electrons. The Hall–Kier alpha value is -0.960. The molecule has 1 fully saturated rings. The first-order valence-corrected chi connectivity index (χ1v) is 6.78. The van der Waals surface area contributed by atoms with E-state index in [0.717, 1.165) is 36.2 Å². The molecule has 1 aromatic rings. The number of halogens is 2. The first-order chi connectivity index (χ1) is 8.72. The van der Waals surface area contributed by atoms with Gasteiger partial charge in [-0.25, -0.2) is 4.39 Å². The van der Waals surface area contributed by atoms with E-state index in [0.29, 0.717) is 6.42 Å². The van der Waals surface area contributed by atoms with Crippen LogP contribution < -0.4 is 5.32 Å². The molecule has 5 heteroatoms. The van der Waals surface area contributed by atoms with E-state index in [2.05, 4.69) is 32.2 Å². The van der Waals surface area contributed by atoms with Crippen LogP contribution in [-0.4, -0.2) is 31.1 Å². The number of nitriles is 1. The normalized spacial score (nSPS) is 18.3. The highest BCUT2D eigenvalue weighted by Crippen LogP contribution is 2.31. The fourth-order valence-corrected chi connectivity index (χ4v) is 2.90. The lowest BCUT2D eigenvalue weighted by molar-refractivity contribution is 0.175. The average molecular weight is 312 g/mol. The van der Waals surface area contributed by atoms with Gasteiger partial charge in [0.1, 0.15) is 5.82 Å². The largest absolute Gasteiger partial charge is 0.314 e. The zero-order valence-electron chi connectivity index (χ0n) is 10.00. The van der Waals surface area contributed by atoms with Crippen molar-refractivity contribution in [2.75, 3.05) is 26.2 Å². The zero-order chi connectivity index (χ0) is 13.0. The first-order valence-electron chi connectivity index (χ1n) is 5.99. The van der Waals surface area contributed by atoms with Gasteiger partial charge in [0.2, 0.25) is 0 Å². The number of piperazine rings is 1. The summed E-state index contributed by atoms with van der Waals surface area (Å²) in [7, 11) is 0. The Morgan fingerprint density at radius 1 is 1.44 bits per heavy atom. The predicted molar refractivity (Wildman–Crippen MR) is 71.5 cm³/mol. The molecule has 1 heterocycles. The third-order valence-electron chi connectivity index (χ3n) is 3.20. The van der Waals surface area contributed by atoms with Crippen LogP contribution >= 0.6 is 15.9 Å².